The number of carboxylic acid groups (broad SMARTS) is 1. The molecule has 2 heterocycles. The summed E-state index contributed by atoms with van der Waals surface area (Å²) in [6.07, 6.45) is 1.75. The van der Waals surface area contributed by atoms with Gasteiger partial charge in [-0.15, -0.1) is 11.3 Å². The minimum absolute atomic E-state index is 0.0288. The van der Waals surface area contributed by atoms with Gasteiger partial charge in [-0.3, -0.25) is 0 Å². The standard InChI is InChI=1S/C12H19N3O2S/c1-12(2,3)9-8(4-6-15(9)11(16)17)14-10-13-5-7-18-10/h5,7-9H,4,6H2,1-3H3,(H,13,14)(H,16,17). The van der Waals surface area contributed by atoms with Crippen molar-refractivity contribution in [2.45, 2.75) is 39.3 Å². The van der Waals surface area contributed by atoms with Crippen LogP contribution in [0.1, 0.15) is 27.2 Å². The molecule has 100 valence electrons. The Bertz CT molecular complexity index is 413. The third-order valence-corrected chi connectivity index (χ3v) is 3.98. The van der Waals surface area contributed by atoms with Gasteiger partial charge in [0.05, 0.1) is 12.1 Å². The first-order chi connectivity index (χ1) is 8.39. The second-order valence-corrected chi connectivity index (χ2v) is 6.56. The second-order valence-electron chi connectivity index (χ2n) is 5.66. The Kier molecular flexibility index (Phi) is 3.47. The summed E-state index contributed by atoms with van der Waals surface area (Å²) in [7, 11) is 0. The van der Waals surface area contributed by atoms with Gasteiger partial charge in [-0.2, -0.15) is 0 Å². The lowest BCUT2D eigenvalue weighted by molar-refractivity contribution is 0.103. The molecule has 1 amide bonds. The molecule has 0 saturated carbocycles. The first kappa shape index (κ1) is 13.1. The van der Waals surface area contributed by atoms with E-state index < -0.39 is 6.09 Å². The van der Waals surface area contributed by atoms with Crippen molar-refractivity contribution in [3.05, 3.63) is 11.6 Å². The lowest BCUT2D eigenvalue weighted by Gasteiger charge is -2.37. The highest BCUT2D eigenvalue weighted by atomic mass is 32.1. The lowest BCUT2D eigenvalue weighted by Crippen LogP contribution is -2.49. The van der Waals surface area contributed by atoms with Crippen LogP contribution in [0, 0.1) is 5.41 Å². The van der Waals surface area contributed by atoms with Gasteiger partial charge in [-0.25, -0.2) is 9.78 Å². The molecule has 18 heavy (non-hydrogen) atoms. The number of thiazole rings is 1. The van der Waals surface area contributed by atoms with Gasteiger partial charge < -0.3 is 15.3 Å². The summed E-state index contributed by atoms with van der Waals surface area (Å²) >= 11 is 1.54. The van der Waals surface area contributed by atoms with Crippen LogP contribution in [0.2, 0.25) is 0 Å². The molecule has 0 spiro atoms. The predicted molar refractivity (Wildman–Crippen MR) is 72.1 cm³/mol. The number of anilines is 1. The van der Waals surface area contributed by atoms with E-state index in [-0.39, 0.29) is 17.5 Å². The molecule has 1 aliphatic rings. The third kappa shape index (κ3) is 2.58. The Morgan fingerprint density at radius 3 is 2.83 bits per heavy atom. The molecule has 1 saturated heterocycles. The number of nitrogens with zero attached hydrogens (tertiary/aromatic N) is 2. The van der Waals surface area contributed by atoms with Gasteiger partial charge in [0, 0.05) is 18.1 Å². The Morgan fingerprint density at radius 2 is 2.33 bits per heavy atom. The van der Waals surface area contributed by atoms with Crippen molar-refractivity contribution in [3.63, 3.8) is 0 Å². The molecule has 2 rings (SSSR count). The number of carbonyl (C=O) groups is 1. The first-order valence-electron chi connectivity index (χ1n) is 6.05. The third-order valence-electron chi connectivity index (χ3n) is 3.27. The van der Waals surface area contributed by atoms with Gasteiger partial charge in [0.25, 0.3) is 0 Å². The molecule has 1 aliphatic heterocycles. The normalized spacial score (nSPS) is 24.3. The van der Waals surface area contributed by atoms with Crippen LogP contribution in [-0.4, -0.2) is 39.7 Å². The van der Waals surface area contributed by atoms with Crippen molar-refractivity contribution in [2.24, 2.45) is 5.41 Å². The van der Waals surface area contributed by atoms with Gasteiger partial charge in [-0.05, 0) is 11.8 Å². The Hall–Kier alpha value is -1.30. The summed E-state index contributed by atoms with van der Waals surface area (Å²) in [6.45, 7) is 6.82. The number of rotatable bonds is 2. The van der Waals surface area contributed by atoms with Crippen molar-refractivity contribution >= 4 is 22.6 Å². The van der Waals surface area contributed by atoms with E-state index in [2.05, 4.69) is 31.1 Å². The molecule has 0 aromatic carbocycles. The molecule has 5 nitrogen and oxygen atoms in total. The Labute approximate surface area is 111 Å². The quantitative estimate of drug-likeness (QED) is 0.866. The number of hydrogen-bond donors (Lipinski definition) is 2. The minimum atomic E-state index is -0.835. The fraction of sp³-hybridized carbons (Fsp3) is 0.667. The number of hydrogen-bond acceptors (Lipinski definition) is 4. The van der Waals surface area contributed by atoms with E-state index in [1.54, 1.807) is 22.4 Å². The van der Waals surface area contributed by atoms with Crippen molar-refractivity contribution in [3.8, 4) is 0 Å². The van der Waals surface area contributed by atoms with Crippen LogP contribution in [0.25, 0.3) is 0 Å². The van der Waals surface area contributed by atoms with Gasteiger partial charge in [0.2, 0.25) is 0 Å². The number of amides is 1. The summed E-state index contributed by atoms with van der Waals surface area (Å²) in [4.78, 5) is 17.0. The fourth-order valence-corrected chi connectivity index (χ4v) is 3.27. The maximum atomic E-state index is 11.3. The van der Waals surface area contributed by atoms with Crippen LogP contribution < -0.4 is 5.32 Å². The molecule has 1 aromatic rings. The van der Waals surface area contributed by atoms with Crippen molar-refractivity contribution in [1.29, 1.82) is 0 Å². The first-order valence-corrected chi connectivity index (χ1v) is 6.93. The monoisotopic (exact) mass is 269 g/mol. The predicted octanol–water partition coefficient (Wildman–Crippen LogP) is 2.72. The SMILES string of the molecule is CC(C)(C)C1C(Nc2nccs2)CCN1C(=O)O. The van der Waals surface area contributed by atoms with Crippen LogP contribution in [0.15, 0.2) is 11.6 Å². The molecule has 2 unspecified atom stereocenters. The van der Waals surface area contributed by atoms with Gasteiger partial charge in [-0.1, -0.05) is 20.8 Å². The highest BCUT2D eigenvalue weighted by Gasteiger charge is 2.44. The summed E-state index contributed by atoms with van der Waals surface area (Å²) in [5, 5.41) is 15.4. The van der Waals surface area contributed by atoms with E-state index in [0.29, 0.717) is 6.54 Å². The second kappa shape index (κ2) is 4.76. The van der Waals surface area contributed by atoms with Gasteiger partial charge in [0.1, 0.15) is 0 Å². The zero-order valence-corrected chi connectivity index (χ0v) is 11.7. The Balaban J connectivity index is 2.17. The highest BCUT2D eigenvalue weighted by molar-refractivity contribution is 7.13. The molecule has 0 aliphatic carbocycles. The maximum Gasteiger partial charge on any atom is 0.407 e. The minimum Gasteiger partial charge on any atom is -0.465 e. The number of aromatic nitrogens is 1. The summed E-state index contributed by atoms with van der Waals surface area (Å²) in [6, 6.07) is 0.103. The van der Waals surface area contributed by atoms with E-state index in [0.717, 1.165) is 11.6 Å². The van der Waals surface area contributed by atoms with Crippen LogP contribution in [0.5, 0.6) is 0 Å². The molecule has 1 fully saturated rings. The molecular weight excluding hydrogens is 250 g/mol. The number of nitrogens with one attached hydrogen (secondary N) is 1. The van der Waals surface area contributed by atoms with Crippen LogP contribution in [0.3, 0.4) is 0 Å². The molecule has 2 N–H and O–H groups in total. The van der Waals surface area contributed by atoms with Crippen molar-refractivity contribution in [2.75, 3.05) is 11.9 Å². The maximum absolute atomic E-state index is 11.3. The molecule has 6 heteroatoms. The van der Waals surface area contributed by atoms with E-state index in [9.17, 15) is 9.90 Å². The average molecular weight is 269 g/mol. The van der Waals surface area contributed by atoms with Crippen LogP contribution >= 0.6 is 11.3 Å². The molecular formula is C12H19N3O2S. The van der Waals surface area contributed by atoms with Crippen molar-refractivity contribution < 1.29 is 9.90 Å². The molecule has 2 atom stereocenters. The molecule has 0 bridgehead atoms. The van der Waals surface area contributed by atoms with E-state index in [1.807, 2.05) is 5.38 Å². The van der Waals surface area contributed by atoms with Crippen LogP contribution in [-0.2, 0) is 0 Å². The topological polar surface area (TPSA) is 65.5 Å². The summed E-state index contributed by atoms with van der Waals surface area (Å²) in [5.41, 5.74) is -0.0934. The van der Waals surface area contributed by atoms with E-state index in [4.69, 9.17) is 0 Å². The Morgan fingerprint density at radius 1 is 1.61 bits per heavy atom. The zero-order chi connectivity index (χ0) is 13.3. The lowest BCUT2D eigenvalue weighted by atomic mass is 9.83. The van der Waals surface area contributed by atoms with E-state index >= 15 is 0 Å². The largest absolute Gasteiger partial charge is 0.465 e. The van der Waals surface area contributed by atoms with Gasteiger partial charge in [0.15, 0.2) is 5.13 Å². The number of likely N-dealkylation sites (tertiary alicyclic amines) is 1. The summed E-state index contributed by atoms with van der Waals surface area (Å²) < 4.78 is 0. The highest BCUT2D eigenvalue weighted by Crippen LogP contribution is 2.34. The van der Waals surface area contributed by atoms with Crippen molar-refractivity contribution in [1.82, 2.24) is 9.88 Å². The zero-order valence-electron chi connectivity index (χ0n) is 10.9. The average Bonchev–Trinajstić information content (AvgIpc) is 2.85. The van der Waals surface area contributed by atoms with Crippen LogP contribution in [0.4, 0.5) is 9.93 Å². The van der Waals surface area contributed by atoms with E-state index in [1.165, 1.54) is 0 Å². The fourth-order valence-electron chi connectivity index (χ4n) is 2.68. The smallest absolute Gasteiger partial charge is 0.407 e. The molecule has 0 radical (unpaired) electrons. The molecule has 1 aromatic heterocycles. The summed E-state index contributed by atoms with van der Waals surface area (Å²) in [5.74, 6) is 0. The van der Waals surface area contributed by atoms with Gasteiger partial charge >= 0.3 is 6.09 Å².